The lowest BCUT2D eigenvalue weighted by Gasteiger charge is -2.01. The van der Waals surface area contributed by atoms with Crippen LogP contribution in [0.2, 0.25) is 0 Å². The second-order valence-electron chi connectivity index (χ2n) is 6.99. The predicted molar refractivity (Wildman–Crippen MR) is 106 cm³/mol. The molecule has 0 bridgehead atoms. The van der Waals surface area contributed by atoms with Gasteiger partial charge in [-0.25, -0.2) is 15.0 Å². The third-order valence-corrected chi connectivity index (χ3v) is 5.20. The number of aryl methyl sites for hydroxylation is 5. The molecule has 2 aromatic carbocycles. The van der Waals surface area contributed by atoms with E-state index < -0.39 is 0 Å². The summed E-state index contributed by atoms with van der Waals surface area (Å²) < 4.78 is 4.00. The van der Waals surface area contributed by atoms with Crippen LogP contribution in [0.3, 0.4) is 0 Å². The molecule has 6 nitrogen and oxygen atoms in total. The Morgan fingerprint density at radius 3 is 2.67 bits per heavy atom. The van der Waals surface area contributed by atoms with Crippen LogP contribution in [0.5, 0.6) is 0 Å². The molecule has 0 saturated heterocycles. The van der Waals surface area contributed by atoms with Gasteiger partial charge in [-0.15, -0.1) is 5.10 Å². The molecule has 0 unspecified atom stereocenters. The van der Waals surface area contributed by atoms with Crippen molar-refractivity contribution in [3.63, 3.8) is 0 Å². The smallest absolute Gasteiger partial charge is 0.162 e. The predicted octanol–water partition coefficient (Wildman–Crippen LogP) is 3.57. The molecule has 0 saturated carbocycles. The Morgan fingerprint density at radius 1 is 0.963 bits per heavy atom. The molecule has 0 spiro atoms. The summed E-state index contributed by atoms with van der Waals surface area (Å²) in [4.78, 5) is 14.0. The fraction of sp³-hybridized carbons (Fsp3) is 0.238. The average molecular weight is 356 g/mol. The first-order valence-corrected chi connectivity index (χ1v) is 9.13. The number of hydrogen-bond acceptors (Lipinski definition) is 4. The number of benzene rings is 2. The zero-order valence-corrected chi connectivity index (χ0v) is 15.6. The Kier molecular flexibility index (Phi) is 3.47. The van der Waals surface area contributed by atoms with E-state index in [2.05, 4.69) is 58.1 Å². The van der Waals surface area contributed by atoms with Gasteiger partial charge in [-0.2, -0.15) is 4.52 Å². The first-order valence-electron chi connectivity index (χ1n) is 9.13. The molecule has 27 heavy (non-hydrogen) atoms. The molecule has 0 amide bonds. The van der Waals surface area contributed by atoms with Gasteiger partial charge in [0.25, 0.3) is 0 Å². The lowest BCUT2D eigenvalue weighted by Crippen LogP contribution is -2.02. The molecule has 6 heteroatoms. The molecule has 5 aromatic rings. The van der Waals surface area contributed by atoms with Crippen LogP contribution in [0, 0.1) is 13.8 Å². The summed E-state index contributed by atoms with van der Waals surface area (Å²) in [5, 5.41) is 7.04. The average Bonchev–Trinajstić information content (AvgIpc) is 3.26. The Morgan fingerprint density at radius 2 is 1.81 bits per heavy atom. The quantitative estimate of drug-likeness (QED) is 0.496. The van der Waals surface area contributed by atoms with Crippen LogP contribution in [-0.2, 0) is 19.9 Å². The second kappa shape index (κ2) is 5.87. The third kappa shape index (κ3) is 2.48. The van der Waals surface area contributed by atoms with Crippen LogP contribution in [-0.4, -0.2) is 29.1 Å². The molecule has 0 N–H and O–H groups in total. The molecular weight excluding hydrogens is 336 g/mol. The summed E-state index contributed by atoms with van der Waals surface area (Å²) in [6, 6.07) is 12.7. The maximum Gasteiger partial charge on any atom is 0.162 e. The molecule has 5 rings (SSSR count). The van der Waals surface area contributed by atoms with E-state index >= 15 is 0 Å². The van der Waals surface area contributed by atoms with Gasteiger partial charge in [0, 0.05) is 37.0 Å². The van der Waals surface area contributed by atoms with Gasteiger partial charge in [-0.05, 0) is 25.3 Å². The Bertz CT molecular complexity index is 1270. The molecule has 0 aliphatic carbocycles. The van der Waals surface area contributed by atoms with E-state index in [0.717, 1.165) is 52.6 Å². The van der Waals surface area contributed by atoms with Crippen molar-refractivity contribution < 1.29 is 0 Å². The molecule has 0 radical (unpaired) electrons. The molecule has 3 aromatic heterocycles. The van der Waals surface area contributed by atoms with Crippen LogP contribution in [0.4, 0.5) is 0 Å². The maximum absolute atomic E-state index is 4.93. The van der Waals surface area contributed by atoms with E-state index in [1.165, 1.54) is 10.8 Å². The van der Waals surface area contributed by atoms with Gasteiger partial charge in [-0.1, -0.05) is 30.3 Å². The minimum atomic E-state index is 0.746. The van der Waals surface area contributed by atoms with Gasteiger partial charge in [0.2, 0.25) is 0 Å². The van der Waals surface area contributed by atoms with E-state index in [1.807, 2.05) is 24.6 Å². The van der Waals surface area contributed by atoms with Gasteiger partial charge in [0.1, 0.15) is 11.6 Å². The van der Waals surface area contributed by atoms with Gasteiger partial charge < -0.3 is 4.57 Å². The Hall–Kier alpha value is -3.28. The van der Waals surface area contributed by atoms with E-state index in [9.17, 15) is 0 Å². The van der Waals surface area contributed by atoms with Gasteiger partial charge >= 0.3 is 0 Å². The van der Waals surface area contributed by atoms with E-state index in [4.69, 9.17) is 9.97 Å². The number of aromatic nitrogens is 6. The molecule has 0 aliphatic rings. The lowest BCUT2D eigenvalue weighted by atomic mass is 10.1. The molecule has 0 fully saturated rings. The number of nitrogens with zero attached hydrogens (tertiary/aromatic N) is 6. The highest BCUT2D eigenvalue weighted by Crippen LogP contribution is 2.25. The van der Waals surface area contributed by atoms with E-state index in [-0.39, 0.29) is 0 Å². The SMILES string of the molecule is Cc1cnc(C)n2nc(CCc3nc4c5ccccc5ccc4n3C)nc12. The highest BCUT2D eigenvalue weighted by molar-refractivity contribution is 6.04. The number of imidazole rings is 1. The molecule has 0 atom stereocenters. The number of rotatable bonds is 3. The Balaban J connectivity index is 1.52. The highest BCUT2D eigenvalue weighted by Gasteiger charge is 2.13. The van der Waals surface area contributed by atoms with E-state index in [0.29, 0.717) is 0 Å². The largest absolute Gasteiger partial charge is 0.331 e. The summed E-state index contributed by atoms with van der Waals surface area (Å²) in [6.45, 7) is 3.96. The van der Waals surface area contributed by atoms with Gasteiger partial charge in [0.15, 0.2) is 11.5 Å². The van der Waals surface area contributed by atoms with Gasteiger partial charge in [0.05, 0.1) is 11.0 Å². The fourth-order valence-electron chi connectivity index (χ4n) is 3.67. The monoisotopic (exact) mass is 356 g/mol. The van der Waals surface area contributed by atoms with Crippen molar-refractivity contribution in [2.24, 2.45) is 7.05 Å². The first kappa shape index (κ1) is 15.9. The summed E-state index contributed by atoms with van der Waals surface area (Å²) in [5.41, 5.74) is 4.13. The fourth-order valence-corrected chi connectivity index (χ4v) is 3.67. The zero-order valence-electron chi connectivity index (χ0n) is 15.6. The first-order chi connectivity index (χ1) is 13.1. The minimum Gasteiger partial charge on any atom is -0.331 e. The highest BCUT2D eigenvalue weighted by atomic mass is 15.3. The second-order valence-corrected chi connectivity index (χ2v) is 6.99. The van der Waals surface area contributed by atoms with Crippen LogP contribution in [0.25, 0.3) is 27.5 Å². The molecule has 3 heterocycles. The van der Waals surface area contributed by atoms with Crippen molar-refractivity contribution in [1.82, 2.24) is 29.1 Å². The summed E-state index contributed by atoms with van der Waals surface area (Å²) >= 11 is 0. The van der Waals surface area contributed by atoms with Crippen LogP contribution in [0.1, 0.15) is 23.0 Å². The van der Waals surface area contributed by atoms with Crippen molar-refractivity contribution in [2.45, 2.75) is 26.7 Å². The lowest BCUT2D eigenvalue weighted by molar-refractivity contribution is 0.749. The summed E-state index contributed by atoms with van der Waals surface area (Å²) in [6.07, 6.45) is 3.39. The topological polar surface area (TPSA) is 60.9 Å². The summed E-state index contributed by atoms with van der Waals surface area (Å²) in [7, 11) is 2.08. The normalized spacial score (nSPS) is 11.8. The molecule has 134 valence electrons. The van der Waals surface area contributed by atoms with Crippen molar-refractivity contribution in [3.8, 4) is 0 Å². The van der Waals surface area contributed by atoms with Crippen LogP contribution < -0.4 is 0 Å². The van der Waals surface area contributed by atoms with Crippen molar-refractivity contribution in [1.29, 1.82) is 0 Å². The van der Waals surface area contributed by atoms with Gasteiger partial charge in [-0.3, -0.25) is 0 Å². The maximum atomic E-state index is 4.93. The van der Waals surface area contributed by atoms with Crippen molar-refractivity contribution >= 4 is 27.5 Å². The molecular formula is C21H20N6. The molecule has 0 aliphatic heterocycles. The summed E-state index contributed by atoms with van der Waals surface area (Å²) in [5.74, 6) is 2.72. The minimum absolute atomic E-state index is 0.746. The van der Waals surface area contributed by atoms with Crippen molar-refractivity contribution in [3.05, 3.63) is 65.6 Å². The van der Waals surface area contributed by atoms with E-state index in [1.54, 1.807) is 0 Å². The van der Waals surface area contributed by atoms with Crippen LogP contribution in [0.15, 0.2) is 42.6 Å². The third-order valence-electron chi connectivity index (χ3n) is 5.20. The van der Waals surface area contributed by atoms with Crippen LogP contribution >= 0.6 is 0 Å². The number of hydrogen-bond donors (Lipinski definition) is 0. The Labute approximate surface area is 156 Å². The van der Waals surface area contributed by atoms with Crippen molar-refractivity contribution in [2.75, 3.05) is 0 Å². The number of fused-ring (bicyclic) bond motifs is 4. The zero-order chi connectivity index (χ0) is 18.5. The standard InChI is InChI=1S/C21H20N6/c1-13-12-22-14(2)27-21(13)23-18(25-27)10-11-19-24-20-16-7-5-4-6-15(16)8-9-17(20)26(19)3/h4-9,12H,10-11H2,1-3H3.